The molecule has 0 heterocycles. The number of amides is 1. The van der Waals surface area contributed by atoms with Gasteiger partial charge in [-0.15, -0.1) is 0 Å². The molecule has 2 aromatic carbocycles. The van der Waals surface area contributed by atoms with Crippen molar-refractivity contribution in [1.29, 1.82) is 0 Å². The fraction of sp³-hybridized carbons (Fsp3) is 0.300. The minimum Gasteiger partial charge on any atom is -0.478 e. The molecule has 0 aliphatic rings. The number of hydrogen-bond donors (Lipinski definition) is 2. The molecule has 0 spiro atoms. The number of carboxylic acid groups (broad SMARTS) is 1. The summed E-state index contributed by atoms with van der Waals surface area (Å²) < 4.78 is 1.79. The summed E-state index contributed by atoms with van der Waals surface area (Å²) in [5.74, 6) is -0.897. The number of nitrogens with one attached hydrogen (secondary N) is 1. The molecule has 29 heavy (non-hydrogen) atoms. The maximum atomic E-state index is 11.9. The Hall–Kier alpha value is -0.483. The van der Waals surface area contributed by atoms with Crippen molar-refractivity contribution in [2.45, 2.75) is 30.3 Å². The molecule has 4 nitrogen and oxygen atoms in total. The zero-order chi connectivity index (χ0) is 22.2. The van der Waals surface area contributed by atoms with Crippen LogP contribution in [0.3, 0.4) is 0 Å². The van der Waals surface area contributed by atoms with Gasteiger partial charge in [-0.25, -0.2) is 4.79 Å². The van der Waals surface area contributed by atoms with Gasteiger partial charge in [0.05, 0.1) is 13.6 Å². The first-order chi connectivity index (χ1) is 13.5. The van der Waals surface area contributed by atoms with Crippen LogP contribution in [-0.2, 0) is 10.7 Å². The lowest BCUT2D eigenvalue weighted by Crippen LogP contribution is -2.39. The number of carboxylic acids is 1. The summed E-state index contributed by atoms with van der Waals surface area (Å²) >= 11 is 13.4. The highest BCUT2D eigenvalue weighted by atomic mass is 79.9. The number of hydrogen-bond acceptors (Lipinski definition) is 2. The van der Waals surface area contributed by atoms with E-state index in [9.17, 15) is 9.59 Å². The molecule has 0 saturated carbocycles. The lowest BCUT2D eigenvalue weighted by atomic mass is 10.1. The first kappa shape index (κ1) is 26.6. The minimum absolute atomic E-state index is 0.00856. The van der Waals surface area contributed by atoms with Crippen LogP contribution in [0.25, 0.3) is 0 Å². The van der Waals surface area contributed by atoms with Crippen LogP contribution < -0.4 is 5.32 Å². The zero-order valence-corrected chi connectivity index (χ0v) is 23.7. The van der Waals surface area contributed by atoms with E-state index in [0.717, 1.165) is 31.6 Å². The number of carbonyl (C=O) groups is 2. The summed E-state index contributed by atoms with van der Waals surface area (Å²) in [5.41, 5.74) is 3.19. The Balaban J connectivity index is 0.000000308. The van der Waals surface area contributed by atoms with E-state index in [0.29, 0.717) is 16.5 Å². The molecule has 0 aromatic heterocycles. The van der Waals surface area contributed by atoms with Crippen LogP contribution in [0, 0.1) is 0 Å². The average Bonchev–Trinajstić information content (AvgIpc) is 2.65. The predicted octanol–water partition coefficient (Wildman–Crippen LogP) is 6.99. The van der Waals surface area contributed by atoms with E-state index in [1.54, 1.807) is 18.2 Å². The van der Waals surface area contributed by atoms with Crippen molar-refractivity contribution in [3.63, 3.8) is 0 Å². The molecule has 2 aromatic rings. The van der Waals surface area contributed by atoms with Crippen molar-refractivity contribution in [2.24, 2.45) is 0 Å². The molecule has 0 bridgehead atoms. The van der Waals surface area contributed by atoms with E-state index in [1.807, 2.05) is 18.2 Å². The van der Waals surface area contributed by atoms with Gasteiger partial charge in [-0.1, -0.05) is 95.5 Å². The minimum atomic E-state index is -1.24. The molecule has 0 saturated heterocycles. The number of rotatable bonds is 6. The molecule has 9 heteroatoms. The highest BCUT2D eigenvalue weighted by Crippen LogP contribution is 2.21. The lowest BCUT2D eigenvalue weighted by Gasteiger charge is -2.16. The standard InChI is InChI=1S/C12H17Br2NOSi.C8H6Br2O2/c1-17(2,3)8-15-12(16)9-4-5-10(7-13)11(14)6-9;9-4-6-2-1-5(8(11)12)3-7(6)10/h4-6H,7-8H2,1-3H3,(H,15,16);1-3H,4H2,(H,11,12). The summed E-state index contributed by atoms with van der Waals surface area (Å²) in [6, 6.07) is 10.7. The quantitative estimate of drug-likeness (QED) is 0.257. The monoisotopic (exact) mass is 669 g/mol. The van der Waals surface area contributed by atoms with Gasteiger partial charge in [0.2, 0.25) is 0 Å². The van der Waals surface area contributed by atoms with Gasteiger partial charge in [-0.05, 0) is 35.4 Å². The smallest absolute Gasteiger partial charge is 0.335 e. The topological polar surface area (TPSA) is 66.4 Å². The Morgan fingerprint density at radius 2 is 1.34 bits per heavy atom. The maximum absolute atomic E-state index is 11.9. The van der Waals surface area contributed by atoms with E-state index < -0.39 is 14.0 Å². The molecule has 0 radical (unpaired) electrons. The van der Waals surface area contributed by atoms with Crippen molar-refractivity contribution in [3.8, 4) is 0 Å². The number of alkyl halides is 2. The second-order valence-corrected chi connectivity index (χ2v) is 15.7. The normalized spacial score (nSPS) is 10.7. The van der Waals surface area contributed by atoms with Crippen molar-refractivity contribution in [3.05, 3.63) is 67.6 Å². The summed E-state index contributed by atoms with van der Waals surface area (Å²) in [4.78, 5) is 22.4. The van der Waals surface area contributed by atoms with Gasteiger partial charge in [0, 0.05) is 31.3 Å². The number of halogens is 4. The largest absolute Gasteiger partial charge is 0.478 e. The second kappa shape index (κ2) is 12.4. The maximum Gasteiger partial charge on any atom is 0.335 e. The fourth-order valence-electron chi connectivity index (χ4n) is 2.03. The van der Waals surface area contributed by atoms with Crippen molar-refractivity contribution in [1.82, 2.24) is 5.32 Å². The van der Waals surface area contributed by atoms with Crippen LogP contribution >= 0.6 is 63.7 Å². The summed E-state index contributed by atoms with van der Waals surface area (Å²) in [6.45, 7) is 6.70. The summed E-state index contributed by atoms with van der Waals surface area (Å²) in [7, 11) is -1.24. The predicted molar refractivity (Wildman–Crippen MR) is 136 cm³/mol. The molecule has 0 aliphatic heterocycles. The SMILES string of the molecule is C[Si](C)(C)CNC(=O)c1ccc(CBr)c(Br)c1.O=C(O)c1ccc(CBr)c(Br)c1. The van der Waals surface area contributed by atoms with Gasteiger partial charge >= 0.3 is 5.97 Å². The van der Waals surface area contributed by atoms with Gasteiger partial charge in [-0.2, -0.15) is 0 Å². The van der Waals surface area contributed by atoms with Crippen LogP contribution in [0.2, 0.25) is 19.6 Å². The van der Waals surface area contributed by atoms with Gasteiger partial charge in [0.15, 0.2) is 0 Å². The number of carbonyl (C=O) groups excluding carboxylic acids is 1. The van der Waals surface area contributed by atoms with E-state index in [2.05, 4.69) is 88.7 Å². The van der Waals surface area contributed by atoms with Gasteiger partial charge < -0.3 is 10.4 Å². The van der Waals surface area contributed by atoms with Crippen LogP contribution in [0.15, 0.2) is 45.3 Å². The first-order valence-electron chi connectivity index (χ1n) is 8.68. The average molecular weight is 673 g/mol. The Morgan fingerprint density at radius 3 is 1.72 bits per heavy atom. The van der Waals surface area contributed by atoms with Gasteiger partial charge in [0.25, 0.3) is 5.91 Å². The fourth-order valence-corrected chi connectivity index (χ4v) is 5.49. The Morgan fingerprint density at radius 1 is 0.897 bits per heavy atom. The molecule has 0 fully saturated rings. The van der Waals surface area contributed by atoms with Crippen LogP contribution in [0.1, 0.15) is 31.8 Å². The Bertz CT molecular complexity index is 869. The van der Waals surface area contributed by atoms with E-state index in [1.165, 1.54) is 0 Å². The highest BCUT2D eigenvalue weighted by molar-refractivity contribution is 9.11. The van der Waals surface area contributed by atoms with Crippen molar-refractivity contribution < 1.29 is 14.7 Å². The lowest BCUT2D eigenvalue weighted by molar-refractivity contribution is 0.0696. The van der Waals surface area contributed by atoms with Crippen molar-refractivity contribution in [2.75, 3.05) is 6.17 Å². The van der Waals surface area contributed by atoms with Gasteiger partial charge in [-0.3, -0.25) is 4.79 Å². The van der Waals surface area contributed by atoms with E-state index in [-0.39, 0.29) is 5.91 Å². The number of benzene rings is 2. The van der Waals surface area contributed by atoms with Crippen LogP contribution in [0.4, 0.5) is 0 Å². The number of aromatic carboxylic acids is 1. The molecule has 1 amide bonds. The molecular weight excluding hydrogens is 650 g/mol. The molecular formula is C20H23Br4NO3Si. The first-order valence-corrected chi connectivity index (χ1v) is 16.2. The Labute approximate surface area is 206 Å². The van der Waals surface area contributed by atoms with E-state index in [4.69, 9.17) is 5.11 Å². The third-order valence-electron chi connectivity index (χ3n) is 3.68. The van der Waals surface area contributed by atoms with Crippen LogP contribution in [0.5, 0.6) is 0 Å². The van der Waals surface area contributed by atoms with Crippen molar-refractivity contribution >= 4 is 83.7 Å². The molecule has 158 valence electrons. The van der Waals surface area contributed by atoms with E-state index >= 15 is 0 Å². The summed E-state index contributed by atoms with van der Waals surface area (Å²) in [5, 5.41) is 13.1. The molecule has 0 atom stereocenters. The third-order valence-corrected chi connectivity index (χ3v) is 7.60. The third kappa shape index (κ3) is 9.46. The second-order valence-electron chi connectivity index (χ2n) is 7.43. The Kier molecular flexibility index (Phi) is 11.3. The molecule has 0 aliphatic carbocycles. The summed E-state index contributed by atoms with van der Waals surface area (Å²) in [6.07, 6.45) is 0.809. The molecule has 2 rings (SSSR count). The molecule has 0 unspecified atom stereocenters. The van der Waals surface area contributed by atoms with Gasteiger partial charge in [0.1, 0.15) is 0 Å². The van der Waals surface area contributed by atoms with Crippen LogP contribution in [-0.4, -0.2) is 31.2 Å². The zero-order valence-electron chi connectivity index (χ0n) is 16.4. The molecule has 2 N–H and O–H groups in total. The highest BCUT2D eigenvalue weighted by Gasteiger charge is 2.15.